The Hall–Kier alpha value is -0.850. The van der Waals surface area contributed by atoms with E-state index in [1.165, 1.54) is 57.9 Å². The van der Waals surface area contributed by atoms with E-state index in [1.807, 2.05) is 7.05 Å². The Kier molecular flexibility index (Phi) is 10.2. The summed E-state index contributed by atoms with van der Waals surface area (Å²) in [5.41, 5.74) is 0. The molecule has 6 nitrogen and oxygen atoms in total. The smallest absolute Gasteiger partial charge is 0.191 e. The van der Waals surface area contributed by atoms with Crippen molar-refractivity contribution < 1.29 is 9.47 Å². The van der Waals surface area contributed by atoms with Crippen LogP contribution >= 0.6 is 0 Å². The number of aliphatic imine (C=N–C) groups is 1. The van der Waals surface area contributed by atoms with Gasteiger partial charge in [-0.05, 0) is 32.2 Å². The van der Waals surface area contributed by atoms with Crippen LogP contribution < -0.4 is 10.6 Å². The lowest BCUT2D eigenvalue weighted by Gasteiger charge is -2.25. The summed E-state index contributed by atoms with van der Waals surface area (Å²) in [6.07, 6.45) is 10.8. The van der Waals surface area contributed by atoms with E-state index in [-0.39, 0.29) is 0 Å². The van der Waals surface area contributed by atoms with Crippen molar-refractivity contribution in [3.8, 4) is 0 Å². The number of hydrogen-bond acceptors (Lipinski definition) is 4. The van der Waals surface area contributed by atoms with E-state index in [1.54, 1.807) is 7.11 Å². The van der Waals surface area contributed by atoms with Crippen molar-refractivity contribution in [2.24, 2.45) is 4.99 Å². The highest BCUT2D eigenvalue weighted by Crippen LogP contribution is 2.19. The number of guanidine groups is 1. The number of hydrogen-bond donors (Lipinski definition) is 2. The molecule has 146 valence electrons. The fourth-order valence-corrected chi connectivity index (χ4v) is 3.87. The van der Waals surface area contributed by atoms with Crippen molar-refractivity contribution in [1.29, 1.82) is 0 Å². The number of likely N-dealkylation sites (tertiary alicyclic amines) is 1. The van der Waals surface area contributed by atoms with Crippen LogP contribution in [0.3, 0.4) is 0 Å². The van der Waals surface area contributed by atoms with Crippen LogP contribution in [0.25, 0.3) is 0 Å². The highest BCUT2D eigenvalue weighted by atomic mass is 16.5. The molecule has 0 aromatic heterocycles. The van der Waals surface area contributed by atoms with Gasteiger partial charge in [0.1, 0.15) is 0 Å². The molecule has 1 atom stereocenters. The molecule has 1 saturated carbocycles. The molecule has 0 amide bonds. The minimum Gasteiger partial charge on any atom is -0.383 e. The number of nitrogens with one attached hydrogen (secondary N) is 2. The van der Waals surface area contributed by atoms with Gasteiger partial charge in [0.2, 0.25) is 0 Å². The Balaban J connectivity index is 1.58. The molecule has 0 radical (unpaired) electrons. The first kappa shape index (κ1) is 20.5. The van der Waals surface area contributed by atoms with Crippen LogP contribution in [0.1, 0.15) is 51.4 Å². The Labute approximate surface area is 153 Å². The topological polar surface area (TPSA) is 58.1 Å². The lowest BCUT2D eigenvalue weighted by molar-refractivity contribution is 0.0468. The molecule has 2 aliphatic rings. The summed E-state index contributed by atoms with van der Waals surface area (Å²) in [7, 11) is 3.60. The minimum atomic E-state index is 0.465. The maximum atomic E-state index is 6.03. The van der Waals surface area contributed by atoms with Crippen molar-refractivity contribution in [1.82, 2.24) is 15.5 Å². The lowest BCUT2D eigenvalue weighted by Crippen LogP contribution is -2.46. The first-order chi connectivity index (χ1) is 12.3. The van der Waals surface area contributed by atoms with E-state index < -0.39 is 0 Å². The van der Waals surface area contributed by atoms with Gasteiger partial charge in [-0.25, -0.2) is 0 Å². The van der Waals surface area contributed by atoms with Crippen LogP contribution in [0.15, 0.2) is 4.99 Å². The molecule has 1 aliphatic heterocycles. The van der Waals surface area contributed by atoms with Gasteiger partial charge in [-0.1, -0.05) is 25.7 Å². The molecule has 1 saturated heterocycles. The number of rotatable bonds is 9. The number of methoxy groups -OCH3 is 1. The summed E-state index contributed by atoms with van der Waals surface area (Å²) in [6.45, 7) is 5.51. The second kappa shape index (κ2) is 12.5. The van der Waals surface area contributed by atoms with Crippen molar-refractivity contribution in [2.45, 2.75) is 63.5 Å². The second-order valence-electron chi connectivity index (χ2n) is 7.19. The maximum absolute atomic E-state index is 6.03. The van der Waals surface area contributed by atoms with Crippen molar-refractivity contribution in [3.05, 3.63) is 0 Å². The number of ether oxygens (including phenoxy) is 2. The van der Waals surface area contributed by atoms with E-state index in [2.05, 4.69) is 20.5 Å². The summed E-state index contributed by atoms with van der Waals surface area (Å²) in [6, 6.07) is 0.580. The van der Waals surface area contributed by atoms with Crippen LogP contribution in [0, 0.1) is 0 Å². The zero-order chi connectivity index (χ0) is 17.7. The first-order valence-electron chi connectivity index (χ1n) is 10.1. The average Bonchev–Trinajstić information content (AvgIpc) is 2.92. The first-order valence-corrected chi connectivity index (χ1v) is 10.1. The quantitative estimate of drug-likeness (QED) is 0.287. The van der Waals surface area contributed by atoms with Gasteiger partial charge in [0, 0.05) is 39.8 Å². The summed E-state index contributed by atoms with van der Waals surface area (Å²) < 4.78 is 11.2. The third-order valence-electron chi connectivity index (χ3n) is 5.36. The summed E-state index contributed by atoms with van der Waals surface area (Å²) in [5, 5.41) is 6.84. The molecule has 0 aromatic carbocycles. The number of nitrogens with zero attached hydrogens (tertiary/aromatic N) is 2. The minimum absolute atomic E-state index is 0.465. The largest absolute Gasteiger partial charge is 0.383 e. The predicted octanol–water partition coefficient (Wildman–Crippen LogP) is 2.00. The molecular weight excluding hydrogens is 316 g/mol. The van der Waals surface area contributed by atoms with E-state index in [0.29, 0.717) is 12.1 Å². The maximum Gasteiger partial charge on any atom is 0.191 e. The second-order valence-corrected chi connectivity index (χ2v) is 7.19. The molecule has 0 spiro atoms. The molecule has 1 heterocycles. The predicted molar refractivity (Wildman–Crippen MR) is 103 cm³/mol. The van der Waals surface area contributed by atoms with E-state index in [9.17, 15) is 0 Å². The molecule has 0 aromatic rings. The monoisotopic (exact) mass is 354 g/mol. The van der Waals surface area contributed by atoms with E-state index in [0.717, 1.165) is 38.8 Å². The van der Waals surface area contributed by atoms with Crippen molar-refractivity contribution in [2.75, 3.05) is 53.6 Å². The Morgan fingerprint density at radius 3 is 2.56 bits per heavy atom. The molecule has 25 heavy (non-hydrogen) atoms. The zero-order valence-corrected chi connectivity index (χ0v) is 16.3. The van der Waals surface area contributed by atoms with Gasteiger partial charge in [-0.15, -0.1) is 0 Å². The summed E-state index contributed by atoms with van der Waals surface area (Å²) in [5.74, 6) is 0.878. The fourth-order valence-electron chi connectivity index (χ4n) is 3.87. The normalized spacial score (nSPS) is 23.6. The molecule has 6 heteroatoms. The SMILES string of the molecule is CN=C(NCCOC1CCCCCC1)NCC1CCCN1CCOC. The van der Waals surface area contributed by atoms with Crippen LogP contribution in [0.2, 0.25) is 0 Å². The van der Waals surface area contributed by atoms with Gasteiger partial charge in [-0.2, -0.15) is 0 Å². The highest BCUT2D eigenvalue weighted by Gasteiger charge is 2.23. The molecule has 2 fully saturated rings. The average molecular weight is 355 g/mol. The lowest BCUT2D eigenvalue weighted by atomic mass is 10.1. The zero-order valence-electron chi connectivity index (χ0n) is 16.3. The third-order valence-corrected chi connectivity index (χ3v) is 5.36. The molecule has 1 aliphatic carbocycles. The van der Waals surface area contributed by atoms with Gasteiger partial charge >= 0.3 is 0 Å². The highest BCUT2D eigenvalue weighted by molar-refractivity contribution is 5.79. The van der Waals surface area contributed by atoms with Crippen LogP contribution in [0.5, 0.6) is 0 Å². The Bertz CT molecular complexity index is 370. The summed E-state index contributed by atoms with van der Waals surface area (Å²) >= 11 is 0. The van der Waals surface area contributed by atoms with Gasteiger partial charge < -0.3 is 20.1 Å². The van der Waals surface area contributed by atoms with Gasteiger partial charge in [0.05, 0.1) is 19.3 Å². The molecule has 2 rings (SSSR count). The molecule has 1 unspecified atom stereocenters. The van der Waals surface area contributed by atoms with Gasteiger partial charge in [-0.3, -0.25) is 9.89 Å². The molecule has 2 N–H and O–H groups in total. The third kappa shape index (κ3) is 7.92. The molecule has 0 bridgehead atoms. The fraction of sp³-hybridized carbons (Fsp3) is 0.947. The Morgan fingerprint density at radius 1 is 1.04 bits per heavy atom. The Morgan fingerprint density at radius 2 is 1.84 bits per heavy atom. The van der Waals surface area contributed by atoms with Crippen molar-refractivity contribution in [3.63, 3.8) is 0 Å². The van der Waals surface area contributed by atoms with Gasteiger partial charge in [0.25, 0.3) is 0 Å². The van der Waals surface area contributed by atoms with Crippen LogP contribution in [-0.4, -0.2) is 76.6 Å². The van der Waals surface area contributed by atoms with Crippen molar-refractivity contribution >= 4 is 5.96 Å². The standard InChI is InChI=1S/C19H38N4O2/c1-20-19(21-11-14-25-18-9-5-3-4-6-10-18)22-16-17-8-7-12-23(17)13-15-24-2/h17-18H,3-16H2,1-2H3,(H2,20,21,22). The summed E-state index contributed by atoms with van der Waals surface area (Å²) in [4.78, 5) is 6.84. The molecular formula is C19H38N4O2. The van der Waals surface area contributed by atoms with Gasteiger partial charge in [0.15, 0.2) is 5.96 Å². The van der Waals surface area contributed by atoms with Crippen LogP contribution in [-0.2, 0) is 9.47 Å². The van der Waals surface area contributed by atoms with Crippen LogP contribution in [0.4, 0.5) is 0 Å². The van der Waals surface area contributed by atoms with E-state index >= 15 is 0 Å². The van der Waals surface area contributed by atoms with E-state index in [4.69, 9.17) is 9.47 Å².